The molecule has 20 heavy (non-hydrogen) atoms. The van der Waals surface area contributed by atoms with Crippen molar-refractivity contribution < 1.29 is 30.0 Å². The summed E-state index contributed by atoms with van der Waals surface area (Å²) in [5, 5.41) is 38.3. The summed E-state index contributed by atoms with van der Waals surface area (Å²) < 4.78 is 4.84. The number of aromatic hydroxyl groups is 4. The van der Waals surface area contributed by atoms with E-state index in [0.29, 0.717) is 0 Å². The number of phenolic OH excluding ortho intramolecular Hbond substituents is 4. The summed E-state index contributed by atoms with van der Waals surface area (Å²) in [6, 6.07) is 5.64. The van der Waals surface area contributed by atoms with Crippen molar-refractivity contribution in [1.29, 1.82) is 0 Å². The van der Waals surface area contributed by atoms with E-state index in [4.69, 9.17) is 4.74 Å². The Balaban J connectivity index is 2.53. The molecule has 0 radical (unpaired) electrons. The van der Waals surface area contributed by atoms with Crippen LogP contribution >= 0.6 is 0 Å². The lowest BCUT2D eigenvalue weighted by Crippen LogP contribution is -2.02. The Morgan fingerprint density at radius 1 is 0.900 bits per heavy atom. The summed E-state index contributed by atoms with van der Waals surface area (Å²) in [5.74, 6) is -2.09. The van der Waals surface area contributed by atoms with E-state index in [2.05, 4.69) is 0 Å². The van der Waals surface area contributed by atoms with Gasteiger partial charge in [-0.05, 0) is 12.1 Å². The van der Waals surface area contributed by atoms with Gasteiger partial charge in [0.25, 0.3) is 0 Å². The summed E-state index contributed by atoms with van der Waals surface area (Å²) >= 11 is 0. The lowest BCUT2D eigenvalue weighted by Gasteiger charge is -2.09. The van der Waals surface area contributed by atoms with Crippen LogP contribution in [-0.2, 0) is 0 Å². The summed E-state index contributed by atoms with van der Waals surface area (Å²) in [5.41, 5.74) is -0.408. The van der Waals surface area contributed by atoms with Crippen LogP contribution in [0.1, 0.15) is 15.9 Å². The molecule has 0 aliphatic carbocycles. The minimum Gasteiger partial charge on any atom is -0.508 e. The largest absolute Gasteiger partial charge is 0.508 e. The monoisotopic (exact) mass is 276 g/mol. The van der Waals surface area contributed by atoms with E-state index >= 15 is 0 Å². The zero-order valence-corrected chi connectivity index (χ0v) is 10.5. The zero-order chi connectivity index (χ0) is 14.9. The number of ketones is 1. The highest BCUT2D eigenvalue weighted by Gasteiger charge is 2.20. The molecule has 2 aromatic rings. The van der Waals surface area contributed by atoms with Crippen LogP contribution in [0.4, 0.5) is 0 Å². The fourth-order valence-corrected chi connectivity index (χ4v) is 1.81. The fourth-order valence-electron chi connectivity index (χ4n) is 1.81. The number of phenols is 4. The van der Waals surface area contributed by atoms with Crippen molar-refractivity contribution in [3.05, 3.63) is 41.5 Å². The second kappa shape index (κ2) is 5.00. The topological polar surface area (TPSA) is 107 Å². The summed E-state index contributed by atoms with van der Waals surface area (Å²) in [6.07, 6.45) is 0. The molecule has 0 aromatic heterocycles. The number of methoxy groups -OCH3 is 1. The van der Waals surface area contributed by atoms with Crippen molar-refractivity contribution in [3.63, 3.8) is 0 Å². The van der Waals surface area contributed by atoms with Crippen LogP contribution in [0.2, 0.25) is 0 Å². The molecular formula is C14H12O6. The van der Waals surface area contributed by atoms with Crippen LogP contribution in [-0.4, -0.2) is 33.3 Å². The first-order valence-electron chi connectivity index (χ1n) is 5.60. The number of hydrogen-bond acceptors (Lipinski definition) is 6. The normalized spacial score (nSPS) is 10.2. The van der Waals surface area contributed by atoms with E-state index in [1.54, 1.807) is 0 Å². The SMILES string of the molecule is COc1cc(O)c(C(=O)c2cc(O)cc(O)c2)c(O)c1. The summed E-state index contributed by atoms with van der Waals surface area (Å²) in [6.45, 7) is 0. The van der Waals surface area contributed by atoms with Crippen molar-refractivity contribution in [2.75, 3.05) is 7.11 Å². The van der Waals surface area contributed by atoms with Crippen molar-refractivity contribution in [3.8, 4) is 28.7 Å². The van der Waals surface area contributed by atoms with Crippen molar-refractivity contribution in [1.82, 2.24) is 0 Å². The second-order valence-electron chi connectivity index (χ2n) is 4.11. The van der Waals surface area contributed by atoms with Gasteiger partial charge in [-0.2, -0.15) is 0 Å². The molecule has 0 fully saturated rings. The van der Waals surface area contributed by atoms with Crippen LogP contribution in [0.5, 0.6) is 28.7 Å². The highest BCUT2D eigenvalue weighted by molar-refractivity contribution is 6.12. The lowest BCUT2D eigenvalue weighted by atomic mass is 10.0. The molecule has 0 aliphatic heterocycles. The molecule has 0 amide bonds. The Hall–Kier alpha value is -2.89. The van der Waals surface area contributed by atoms with Gasteiger partial charge >= 0.3 is 0 Å². The Morgan fingerprint density at radius 3 is 1.85 bits per heavy atom. The first-order valence-corrected chi connectivity index (χ1v) is 5.60. The standard InChI is InChI=1S/C14H12O6/c1-20-10-5-11(17)13(12(18)6-10)14(19)7-2-8(15)4-9(16)3-7/h2-6,15-18H,1H3. The smallest absolute Gasteiger partial charge is 0.200 e. The first kappa shape index (κ1) is 13.5. The van der Waals surface area contributed by atoms with E-state index in [1.165, 1.54) is 19.2 Å². The third-order valence-corrected chi connectivity index (χ3v) is 2.70. The fraction of sp³-hybridized carbons (Fsp3) is 0.0714. The van der Waals surface area contributed by atoms with Gasteiger partial charge in [0.05, 0.1) is 7.11 Å². The van der Waals surface area contributed by atoms with Crippen LogP contribution in [0.15, 0.2) is 30.3 Å². The first-order chi connectivity index (χ1) is 9.42. The van der Waals surface area contributed by atoms with E-state index in [-0.39, 0.29) is 28.4 Å². The average molecular weight is 276 g/mol. The molecule has 104 valence electrons. The summed E-state index contributed by atoms with van der Waals surface area (Å²) in [4.78, 5) is 12.2. The molecule has 2 rings (SSSR count). The van der Waals surface area contributed by atoms with E-state index < -0.39 is 17.3 Å². The molecule has 6 heteroatoms. The Bertz CT molecular complexity index is 634. The maximum absolute atomic E-state index is 12.2. The van der Waals surface area contributed by atoms with Crippen LogP contribution in [0.3, 0.4) is 0 Å². The predicted molar refractivity (Wildman–Crippen MR) is 69.5 cm³/mol. The van der Waals surface area contributed by atoms with Crippen LogP contribution < -0.4 is 4.74 Å². The van der Waals surface area contributed by atoms with Crippen molar-refractivity contribution in [2.24, 2.45) is 0 Å². The van der Waals surface area contributed by atoms with Gasteiger partial charge in [0.15, 0.2) is 0 Å². The number of carbonyl (C=O) groups is 1. The molecule has 0 saturated carbocycles. The highest BCUT2D eigenvalue weighted by atomic mass is 16.5. The third kappa shape index (κ3) is 2.44. The van der Waals surface area contributed by atoms with Crippen LogP contribution in [0.25, 0.3) is 0 Å². The minimum atomic E-state index is -0.742. The third-order valence-electron chi connectivity index (χ3n) is 2.70. The number of benzene rings is 2. The number of hydrogen-bond donors (Lipinski definition) is 4. The van der Waals surface area contributed by atoms with Crippen LogP contribution in [0, 0.1) is 0 Å². The van der Waals surface area contributed by atoms with Gasteiger partial charge in [0, 0.05) is 23.8 Å². The van der Waals surface area contributed by atoms with Crippen molar-refractivity contribution >= 4 is 5.78 Å². The van der Waals surface area contributed by atoms with Gasteiger partial charge in [-0.25, -0.2) is 0 Å². The number of ether oxygens (including phenoxy) is 1. The molecule has 0 spiro atoms. The maximum atomic E-state index is 12.2. The average Bonchev–Trinajstić information content (AvgIpc) is 2.36. The molecule has 0 aliphatic rings. The maximum Gasteiger partial charge on any atom is 0.200 e. The lowest BCUT2D eigenvalue weighted by molar-refractivity contribution is 0.103. The quantitative estimate of drug-likeness (QED) is 0.636. The minimum absolute atomic E-state index is 0.0710. The number of carbonyl (C=O) groups excluding carboxylic acids is 1. The van der Waals surface area contributed by atoms with Gasteiger partial charge < -0.3 is 25.2 Å². The Kier molecular flexibility index (Phi) is 3.39. The molecule has 0 unspecified atom stereocenters. The van der Waals surface area contributed by atoms with Gasteiger partial charge in [0.2, 0.25) is 5.78 Å². The molecule has 6 nitrogen and oxygen atoms in total. The van der Waals surface area contributed by atoms with E-state index in [0.717, 1.165) is 18.2 Å². The Labute approximate surface area is 114 Å². The Morgan fingerprint density at radius 2 is 1.40 bits per heavy atom. The molecular weight excluding hydrogens is 264 g/mol. The molecule has 2 aromatic carbocycles. The molecule has 0 bridgehead atoms. The van der Waals surface area contributed by atoms with E-state index in [1.807, 2.05) is 0 Å². The number of rotatable bonds is 3. The second-order valence-corrected chi connectivity index (χ2v) is 4.11. The summed E-state index contributed by atoms with van der Waals surface area (Å²) in [7, 11) is 1.35. The van der Waals surface area contributed by atoms with Gasteiger partial charge in [-0.1, -0.05) is 0 Å². The zero-order valence-electron chi connectivity index (χ0n) is 10.5. The molecule has 0 atom stereocenters. The van der Waals surface area contributed by atoms with Crippen molar-refractivity contribution in [2.45, 2.75) is 0 Å². The molecule has 0 saturated heterocycles. The van der Waals surface area contributed by atoms with E-state index in [9.17, 15) is 25.2 Å². The molecule has 0 heterocycles. The predicted octanol–water partition coefficient (Wildman–Crippen LogP) is 1.75. The van der Waals surface area contributed by atoms with Gasteiger partial charge in [-0.15, -0.1) is 0 Å². The highest BCUT2D eigenvalue weighted by Crippen LogP contribution is 2.35. The van der Waals surface area contributed by atoms with Gasteiger partial charge in [-0.3, -0.25) is 4.79 Å². The molecule has 4 N–H and O–H groups in total. The van der Waals surface area contributed by atoms with Gasteiger partial charge in [0.1, 0.15) is 34.3 Å².